The molecule has 0 saturated heterocycles. The van der Waals surface area contributed by atoms with Gasteiger partial charge in [-0.05, 0) is 51.9 Å². The van der Waals surface area contributed by atoms with E-state index in [2.05, 4.69) is 44.6 Å². The van der Waals surface area contributed by atoms with Crippen molar-refractivity contribution in [3.05, 3.63) is 30.6 Å². The lowest BCUT2D eigenvalue weighted by molar-refractivity contribution is -0.121. The zero-order valence-electron chi connectivity index (χ0n) is 16.5. The van der Waals surface area contributed by atoms with Gasteiger partial charge in [-0.1, -0.05) is 5.21 Å². The van der Waals surface area contributed by atoms with Crippen molar-refractivity contribution in [2.45, 2.75) is 31.7 Å². The molecule has 1 aliphatic carbocycles. The third kappa shape index (κ3) is 3.87. The molecule has 3 heterocycles. The van der Waals surface area contributed by atoms with E-state index in [1.807, 2.05) is 31.4 Å². The standard InChI is InChI=1S/C20H25N7O/c1-26(2)15-7-4-13(5-8-15)20(28)23-19-10-17-14(11-21-19)6-9-16(22-17)18-12-27(3)25-24-18/h6,9-13,15H,4-5,7-8H2,1-3H3,(H,21,23,28)/t13-,15-. The van der Waals surface area contributed by atoms with Crippen LogP contribution in [0.5, 0.6) is 0 Å². The fourth-order valence-electron chi connectivity index (χ4n) is 3.77. The average molecular weight is 379 g/mol. The Labute approximate surface area is 164 Å². The van der Waals surface area contributed by atoms with Gasteiger partial charge in [-0.25, -0.2) is 9.97 Å². The summed E-state index contributed by atoms with van der Waals surface area (Å²) in [6, 6.07) is 6.24. The van der Waals surface area contributed by atoms with E-state index in [4.69, 9.17) is 0 Å². The Hall–Kier alpha value is -2.87. The van der Waals surface area contributed by atoms with Gasteiger partial charge in [0, 0.05) is 36.7 Å². The number of hydrogen-bond donors (Lipinski definition) is 1. The quantitative estimate of drug-likeness (QED) is 0.749. The molecule has 4 rings (SSSR count). The van der Waals surface area contributed by atoms with Crippen LogP contribution in [-0.4, -0.2) is 55.9 Å². The van der Waals surface area contributed by atoms with Gasteiger partial charge in [0.25, 0.3) is 0 Å². The second-order valence-electron chi connectivity index (χ2n) is 7.69. The Morgan fingerprint density at radius 1 is 1.18 bits per heavy atom. The lowest BCUT2D eigenvalue weighted by Crippen LogP contribution is -2.35. The third-order valence-electron chi connectivity index (χ3n) is 5.49. The fraction of sp³-hybridized carbons (Fsp3) is 0.450. The lowest BCUT2D eigenvalue weighted by Gasteiger charge is -2.31. The second kappa shape index (κ2) is 7.63. The molecule has 0 unspecified atom stereocenters. The molecule has 1 saturated carbocycles. The maximum atomic E-state index is 12.7. The highest BCUT2D eigenvalue weighted by Crippen LogP contribution is 2.28. The molecule has 0 aromatic carbocycles. The molecule has 0 bridgehead atoms. The average Bonchev–Trinajstić information content (AvgIpc) is 3.14. The van der Waals surface area contributed by atoms with E-state index in [-0.39, 0.29) is 11.8 Å². The summed E-state index contributed by atoms with van der Waals surface area (Å²) in [5.41, 5.74) is 2.22. The Morgan fingerprint density at radius 2 is 1.96 bits per heavy atom. The minimum absolute atomic E-state index is 0.0487. The fourth-order valence-corrected chi connectivity index (χ4v) is 3.77. The molecule has 1 N–H and O–H groups in total. The summed E-state index contributed by atoms with van der Waals surface area (Å²) in [5.74, 6) is 0.637. The van der Waals surface area contributed by atoms with E-state index in [1.165, 1.54) is 0 Å². The van der Waals surface area contributed by atoms with Crippen molar-refractivity contribution in [2.24, 2.45) is 13.0 Å². The van der Waals surface area contributed by atoms with Crippen LogP contribution in [0.15, 0.2) is 30.6 Å². The van der Waals surface area contributed by atoms with Crippen molar-refractivity contribution >= 4 is 22.6 Å². The van der Waals surface area contributed by atoms with Crippen LogP contribution >= 0.6 is 0 Å². The number of pyridine rings is 2. The van der Waals surface area contributed by atoms with Crippen LogP contribution in [-0.2, 0) is 11.8 Å². The molecule has 3 aromatic rings. The van der Waals surface area contributed by atoms with Crippen molar-refractivity contribution in [3.63, 3.8) is 0 Å². The van der Waals surface area contributed by atoms with Gasteiger partial charge in [-0.2, -0.15) is 0 Å². The first-order valence-electron chi connectivity index (χ1n) is 9.60. The molecule has 0 atom stereocenters. The highest BCUT2D eigenvalue weighted by Gasteiger charge is 2.27. The van der Waals surface area contributed by atoms with Gasteiger partial charge in [0.05, 0.1) is 17.4 Å². The number of rotatable bonds is 4. The van der Waals surface area contributed by atoms with E-state index in [1.54, 1.807) is 10.9 Å². The Kier molecular flexibility index (Phi) is 5.04. The second-order valence-corrected chi connectivity index (χ2v) is 7.69. The van der Waals surface area contributed by atoms with Gasteiger partial charge in [0.15, 0.2) is 0 Å². The summed E-state index contributed by atoms with van der Waals surface area (Å²) in [6.45, 7) is 0. The smallest absolute Gasteiger partial charge is 0.228 e. The molecule has 1 amide bonds. The summed E-state index contributed by atoms with van der Waals surface area (Å²) in [7, 11) is 6.03. The van der Waals surface area contributed by atoms with Crippen LogP contribution in [0, 0.1) is 5.92 Å². The normalized spacial score (nSPS) is 19.9. The molecule has 146 valence electrons. The molecule has 0 radical (unpaired) electrons. The number of aromatic nitrogens is 5. The highest BCUT2D eigenvalue weighted by atomic mass is 16.1. The van der Waals surface area contributed by atoms with Gasteiger partial charge >= 0.3 is 0 Å². The number of aryl methyl sites for hydroxylation is 1. The molecule has 0 spiro atoms. The molecular weight excluding hydrogens is 354 g/mol. The van der Waals surface area contributed by atoms with Crippen molar-refractivity contribution < 1.29 is 4.79 Å². The first-order valence-corrected chi connectivity index (χ1v) is 9.60. The molecule has 0 aliphatic heterocycles. The number of carbonyl (C=O) groups excluding carboxylic acids is 1. The van der Waals surface area contributed by atoms with Gasteiger partial charge in [-0.3, -0.25) is 9.48 Å². The number of anilines is 1. The number of hydrogen-bond acceptors (Lipinski definition) is 6. The van der Waals surface area contributed by atoms with E-state index >= 15 is 0 Å². The van der Waals surface area contributed by atoms with Gasteiger partial charge in [0.2, 0.25) is 5.91 Å². The van der Waals surface area contributed by atoms with E-state index in [0.717, 1.165) is 42.3 Å². The molecule has 8 heteroatoms. The third-order valence-corrected chi connectivity index (χ3v) is 5.49. The summed E-state index contributed by atoms with van der Waals surface area (Å²) < 4.78 is 1.64. The zero-order valence-corrected chi connectivity index (χ0v) is 16.5. The first kappa shape index (κ1) is 18.5. The Morgan fingerprint density at radius 3 is 2.64 bits per heavy atom. The Balaban J connectivity index is 1.49. The van der Waals surface area contributed by atoms with E-state index in [9.17, 15) is 4.79 Å². The van der Waals surface area contributed by atoms with Crippen molar-refractivity contribution in [3.8, 4) is 11.4 Å². The first-order chi connectivity index (χ1) is 13.5. The van der Waals surface area contributed by atoms with Crippen LogP contribution < -0.4 is 5.32 Å². The molecule has 8 nitrogen and oxygen atoms in total. The topological polar surface area (TPSA) is 88.8 Å². The van der Waals surface area contributed by atoms with Gasteiger partial charge < -0.3 is 10.2 Å². The maximum absolute atomic E-state index is 12.7. The van der Waals surface area contributed by atoms with Crippen LogP contribution in [0.3, 0.4) is 0 Å². The summed E-state index contributed by atoms with van der Waals surface area (Å²) in [6.07, 6.45) is 7.50. The largest absolute Gasteiger partial charge is 0.310 e. The number of nitrogens with one attached hydrogen (secondary N) is 1. The minimum atomic E-state index is 0.0487. The molecule has 1 aliphatic rings. The summed E-state index contributed by atoms with van der Waals surface area (Å²) >= 11 is 0. The van der Waals surface area contributed by atoms with Crippen LogP contribution in [0.1, 0.15) is 25.7 Å². The van der Waals surface area contributed by atoms with Crippen LogP contribution in [0.4, 0.5) is 5.82 Å². The van der Waals surface area contributed by atoms with E-state index < -0.39 is 0 Å². The number of amides is 1. The van der Waals surface area contributed by atoms with E-state index in [0.29, 0.717) is 17.6 Å². The van der Waals surface area contributed by atoms with Crippen molar-refractivity contribution in [1.82, 2.24) is 29.9 Å². The zero-order chi connectivity index (χ0) is 19.7. The summed E-state index contributed by atoms with van der Waals surface area (Å²) in [4.78, 5) is 23.9. The predicted molar refractivity (Wildman–Crippen MR) is 108 cm³/mol. The predicted octanol–water partition coefficient (Wildman–Crippen LogP) is 2.48. The monoisotopic (exact) mass is 379 g/mol. The number of nitrogens with zero attached hydrogens (tertiary/aromatic N) is 6. The SMILES string of the molecule is Cn1cc(-c2ccc3cnc(NC(=O)[C@H]4CC[C@H](N(C)C)CC4)cc3n2)nn1. The lowest BCUT2D eigenvalue weighted by atomic mass is 9.85. The van der Waals surface area contributed by atoms with Crippen LogP contribution in [0.25, 0.3) is 22.3 Å². The highest BCUT2D eigenvalue weighted by molar-refractivity contribution is 5.93. The summed E-state index contributed by atoms with van der Waals surface area (Å²) in [5, 5.41) is 11.9. The van der Waals surface area contributed by atoms with Crippen LogP contribution in [0.2, 0.25) is 0 Å². The molecule has 1 fully saturated rings. The minimum Gasteiger partial charge on any atom is -0.310 e. The molecule has 3 aromatic heterocycles. The molecular formula is C20H25N7O. The number of carbonyl (C=O) groups is 1. The maximum Gasteiger partial charge on any atom is 0.228 e. The van der Waals surface area contributed by atoms with Crippen molar-refractivity contribution in [1.29, 1.82) is 0 Å². The van der Waals surface area contributed by atoms with Crippen molar-refractivity contribution in [2.75, 3.05) is 19.4 Å². The van der Waals surface area contributed by atoms with Gasteiger partial charge in [0.1, 0.15) is 11.5 Å². The number of fused-ring (bicyclic) bond motifs is 1. The van der Waals surface area contributed by atoms with Gasteiger partial charge in [-0.15, -0.1) is 5.10 Å². The Bertz CT molecular complexity index is 989. The molecule has 28 heavy (non-hydrogen) atoms.